The lowest BCUT2D eigenvalue weighted by Gasteiger charge is -2.20. The van der Waals surface area contributed by atoms with E-state index >= 15 is 0 Å². The number of carbonyl (C=O) groups excluding carboxylic acids is 2. The van der Waals surface area contributed by atoms with Crippen LogP contribution >= 0.6 is 0 Å². The summed E-state index contributed by atoms with van der Waals surface area (Å²) in [5.41, 5.74) is 3.88. The lowest BCUT2D eigenvalue weighted by Crippen LogP contribution is -2.20. The molecule has 0 bridgehead atoms. The predicted octanol–water partition coefficient (Wildman–Crippen LogP) is 4.98. The van der Waals surface area contributed by atoms with E-state index in [0.717, 1.165) is 38.4 Å². The molecule has 0 aliphatic carbocycles. The summed E-state index contributed by atoms with van der Waals surface area (Å²) in [6.45, 7) is 4.12. The molecule has 2 rings (SSSR count). The van der Waals surface area contributed by atoms with E-state index in [1.807, 2.05) is 12.9 Å². The van der Waals surface area contributed by atoms with E-state index in [9.17, 15) is 4.79 Å². The minimum absolute atomic E-state index is 0.449. The first-order valence-electron chi connectivity index (χ1n) is 8.87. The number of hydrogen-bond donors (Lipinski definition) is 1. The summed E-state index contributed by atoms with van der Waals surface area (Å²) in [5, 5.41) is 3.65. The number of rotatable bonds is 10. The number of unbranched alkanes of at least 4 members (excludes halogenated alkanes) is 2. The van der Waals surface area contributed by atoms with Gasteiger partial charge in [-0.3, -0.25) is 0 Å². The van der Waals surface area contributed by atoms with Crippen molar-refractivity contribution in [3.63, 3.8) is 0 Å². The molecule has 0 aliphatic rings. The maximum Gasteiger partial charge on any atom is 0.119 e. The fourth-order valence-corrected chi connectivity index (χ4v) is 2.77. The molecule has 1 N–H and O–H groups in total. The second kappa shape index (κ2) is 12.9. The van der Waals surface area contributed by atoms with Crippen LogP contribution in [0, 0.1) is 6.92 Å². The van der Waals surface area contributed by atoms with Crippen molar-refractivity contribution in [3.05, 3.63) is 65.7 Å². The van der Waals surface area contributed by atoms with Gasteiger partial charge in [-0.1, -0.05) is 54.4 Å². The van der Waals surface area contributed by atoms with Crippen LogP contribution < -0.4 is 5.32 Å². The van der Waals surface area contributed by atoms with E-state index < -0.39 is 0 Å². The minimum atomic E-state index is 0.449. The summed E-state index contributed by atoms with van der Waals surface area (Å²) in [6, 6.07) is 19.6. The van der Waals surface area contributed by atoms with Crippen LogP contribution in [-0.2, 0) is 16.0 Å². The van der Waals surface area contributed by atoms with Gasteiger partial charge in [-0.25, -0.2) is 0 Å². The highest BCUT2D eigenvalue weighted by Gasteiger charge is 2.09. The van der Waals surface area contributed by atoms with Crippen LogP contribution in [0.4, 0.5) is 5.69 Å². The number of para-hydroxylation sites is 1. The van der Waals surface area contributed by atoms with Gasteiger partial charge >= 0.3 is 0 Å². The summed E-state index contributed by atoms with van der Waals surface area (Å²) in [7, 11) is 0. The third-order valence-electron chi connectivity index (χ3n) is 4.17. The Morgan fingerprint density at radius 1 is 0.960 bits per heavy atom. The van der Waals surface area contributed by atoms with Crippen LogP contribution in [0.1, 0.15) is 43.2 Å². The van der Waals surface area contributed by atoms with E-state index in [2.05, 4.69) is 60.8 Å². The van der Waals surface area contributed by atoms with Crippen LogP contribution in [0.25, 0.3) is 0 Å². The standard InChI is InChI=1S/C21H27NO.CH2O/c1-18-11-13-19(14-12-18)15-16-21(10-6-3-7-17-23)22-20-8-4-2-5-9-20;1-2/h2,4-5,8-9,11-14,17,21-22H,3,6-7,10,15-16H2,1H3;1H2. The van der Waals surface area contributed by atoms with Gasteiger partial charge in [-0.2, -0.15) is 0 Å². The van der Waals surface area contributed by atoms with Crippen molar-refractivity contribution in [3.8, 4) is 0 Å². The van der Waals surface area contributed by atoms with Crippen molar-refractivity contribution in [1.82, 2.24) is 0 Å². The molecule has 134 valence electrons. The molecule has 0 amide bonds. The van der Waals surface area contributed by atoms with Crippen molar-refractivity contribution in [2.45, 2.75) is 51.5 Å². The van der Waals surface area contributed by atoms with Gasteiger partial charge in [0.25, 0.3) is 0 Å². The van der Waals surface area contributed by atoms with Crippen LogP contribution in [0.2, 0.25) is 0 Å². The molecule has 0 heterocycles. The molecule has 0 spiro atoms. The maximum atomic E-state index is 10.5. The first-order valence-corrected chi connectivity index (χ1v) is 8.87. The number of hydrogen-bond acceptors (Lipinski definition) is 3. The highest BCUT2D eigenvalue weighted by Crippen LogP contribution is 2.16. The average Bonchev–Trinajstić information content (AvgIpc) is 2.67. The Balaban J connectivity index is 0.00000151. The molecule has 0 saturated heterocycles. The number of aldehydes is 1. The third kappa shape index (κ3) is 8.85. The fraction of sp³-hybridized carbons (Fsp3) is 0.364. The highest BCUT2D eigenvalue weighted by molar-refractivity contribution is 5.49. The number of nitrogens with one attached hydrogen (secondary N) is 1. The second-order valence-electron chi connectivity index (χ2n) is 6.18. The molecule has 3 nitrogen and oxygen atoms in total. The first kappa shape index (κ1) is 20.6. The molecule has 3 heteroatoms. The lowest BCUT2D eigenvalue weighted by molar-refractivity contribution is -0.108. The molecule has 2 aromatic rings. The van der Waals surface area contributed by atoms with Gasteiger partial charge in [0, 0.05) is 18.2 Å². The fourth-order valence-electron chi connectivity index (χ4n) is 2.77. The molecule has 1 unspecified atom stereocenters. The van der Waals surface area contributed by atoms with Crippen molar-refractivity contribution in [1.29, 1.82) is 0 Å². The topological polar surface area (TPSA) is 46.2 Å². The Hall–Kier alpha value is -2.42. The molecule has 2 aromatic carbocycles. The predicted molar refractivity (Wildman–Crippen MR) is 105 cm³/mol. The van der Waals surface area contributed by atoms with Gasteiger partial charge in [-0.05, 0) is 50.3 Å². The van der Waals surface area contributed by atoms with Crippen LogP contribution in [0.3, 0.4) is 0 Å². The number of aryl methyl sites for hydroxylation is 2. The Bertz CT molecular complexity index is 581. The Morgan fingerprint density at radius 3 is 2.28 bits per heavy atom. The molecule has 0 fully saturated rings. The van der Waals surface area contributed by atoms with Gasteiger partial charge in [0.2, 0.25) is 0 Å². The second-order valence-corrected chi connectivity index (χ2v) is 6.18. The maximum absolute atomic E-state index is 10.5. The Labute approximate surface area is 151 Å². The molecule has 1 atom stereocenters. The van der Waals surface area contributed by atoms with Crippen molar-refractivity contribution in [2.75, 3.05) is 5.32 Å². The normalized spacial score (nSPS) is 11.1. The molecule has 0 radical (unpaired) electrons. The zero-order valence-electron chi connectivity index (χ0n) is 15.1. The smallest absolute Gasteiger partial charge is 0.119 e. The lowest BCUT2D eigenvalue weighted by atomic mass is 9.99. The van der Waals surface area contributed by atoms with Crippen LogP contribution in [0.5, 0.6) is 0 Å². The van der Waals surface area contributed by atoms with E-state index in [0.29, 0.717) is 12.5 Å². The van der Waals surface area contributed by atoms with Crippen molar-refractivity contribution < 1.29 is 9.59 Å². The number of benzene rings is 2. The quantitative estimate of drug-likeness (QED) is 0.490. The van der Waals surface area contributed by atoms with Gasteiger partial charge in [-0.15, -0.1) is 0 Å². The molecule has 25 heavy (non-hydrogen) atoms. The highest BCUT2D eigenvalue weighted by atomic mass is 16.1. The monoisotopic (exact) mass is 339 g/mol. The number of carbonyl (C=O) groups is 2. The van der Waals surface area contributed by atoms with Gasteiger partial charge < -0.3 is 14.9 Å². The van der Waals surface area contributed by atoms with Crippen molar-refractivity contribution in [2.24, 2.45) is 0 Å². The minimum Gasteiger partial charge on any atom is -0.382 e. The van der Waals surface area contributed by atoms with Crippen LogP contribution in [0.15, 0.2) is 54.6 Å². The largest absolute Gasteiger partial charge is 0.382 e. The van der Waals surface area contributed by atoms with E-state index in [1.165, 1.54) is 16.8 Å². The van der Waals surface area contributed by atoms with E-state index in [4.69, 9.17) is 4.79 Å². The molecule has 0 saturated carbocycles. The Kier molecular flexibility index (Phi) is 10.7. The molecule has 0 aromatic heterocycles. The van der Waals surface area contributed by atoms with Gasteiger partial charge in [0.05, 0.1) is 0 Å². The summed E-state index contributed by atoms with van der Waals surface area (Å²) in [6.07, 6.45) is 7.08. The molecular formula is C22H29NO2. The van der Waals surface area contributed by atoms with E-state index in [1.54, 1.807) is 0 Å². The van der Waals surface area contributed by atoms with Gasteiger partial charge in [0.1, 0.15) is 13.1 Å². The molecule has 0 aliphatic heterocycles. The number of anilines is 1. The third-order valence-corrected chi connectivity index (χ3v) is 4.17. The average molecular weight is 339 g/mol. The Morgan fingerprint density at radius 2 is 1.64 bits per heavy atom. The summed E-state index contributed by atoms with van der Waals surface area (Å²) < 4.78 is 0. The zero-order chi connectivity index (χ0) is 18.3. The summed E-state index contributed by atoms with van der Waals surface area (Å²) >= 11 is 0. The van der Waals surface area contributed by atoms with Crippen molar-refractivity contribution >= 4 is 18.8 Å². The van der Waals surface area contributed by atoms with Gasteiger partial charge in [0.15, 0.2) is 0 Å². The zero-order valence-corrected chi connectivity index (χ0v) is 15.1. The van der Waals surface area contributed by atoms with Crippen LogP contribution in [-0.4, -0.2) is 19.1 Å². The molecular weight excluding hydrogens is 310 g/mol. The SMILES string of the molecule is C=O.Cc1ccc(CCC(CCCCC=O)Nc2ccccc2)cc1. The summed E-state index contributed by atoms with van der Waals surface area (Å²) in [5.74, 6) is 0. The first-order chi connectivity index (χ1) is 12.3. The van der Waals surface area contributed by atoms with E-state index in [-0.39, 0.29) is 0 Å². The summed E-state index contributed by atoms with van der Waals surface area (Å²) in [4.78, 5) is 18.5.